The first-order valence-electron chi connectivity index (χ1n) is 7.15. The Bertz CT molecular complexity index is 474. The van der Waals surface area contributed by atoms with Crippen molar-refractivity contribution in [2.45, 2.75) is 38.8 Å². The lowest BCUT2D eigenvalue weighted by Crippen LogP contribution is -2.39. The molecule has 0 heterocycles. The highest BCUT2D eigenvalue weighted by Crippen LogP contribution is 2.26. The Morgan fingerprint density at radius 2 is 1.86 bits per heavy atom. The first kappa shape index (κ1) is 17.0. The van der Waals surface area contributed by atoms with Crippen LogP contribution in [-0.2, 0) is 4.74 Å². The summed E-state index contributed by atoms with van der Waals surface area (Å²) in [4.78, 5) is 14.1. The fourth-order valence-electron chi connectivity index (χ4n) is 2.06. The molecule has 1 amide bonds. The summed E-state index contributed by atoms with van der Waals surface area (Å²) >= 11 is 0. The zero-order valence-corrected chi connectivity index (χ0v) is 13.2. The van der Waals surface area contributed by atoms with Gasteiger partial charge in [0.2, 0.25) is 0 Å². The molecular formula is C18H25NO2. The minimum atomic E-state index is -0.522. The molecule has 1 aromatic carbocycles. The molecule has 0 aromatic heterocycles. The lowest BCUT2D eigenvalue weighted by Gasteiger charge is -2.32. The molecule has 114 valence electrons. The number of hydrogen-bond acceptors (Lipinski definition) is 2. The van der Waals surface area contributed by atoms with Crippen molar-refractivity contribution in [3.63, 3.8) is 0 Å². The van der Waals surface area contributed by atoms with Crippen molar-refractivity contribution < 1.29 is 9.53 Å². The van der Waals surface area contributed by atoms with Crippen LogP contribution in [0.25, 0.3) is 0 Å². The molecule has 1 aromatic rings. The van der Waals surface area contributed by atoms with Crippen molar-refractivity contribution in [3.8, 4) is 0 Å². The molecule has 0 aliphatic carbocycles. The molecule has 0 aliphatic heterocycles. The molecule has 0 radical (unpaired) electrons. The van der Waals surface area contributed by atoms with Gasteiger partial charge in [-0.1, -0.05) is 42.5 Å². The molecule has 1 unspecified atom stereocenters. The minimum Gasteiger partial charge on any atom is -0.444 e. The summed E-state index contributed by atoms with van der Waals surface area (Å²) in [5.41, 5.74) is 0.538. The van der Waals surface area contributed by atoms with Crippen LogP contribution in [0.15, 0.2) is 55.6 Å². The van der Waals surface area contributed by atoms with Crippen molar-refractivity contribution in [1.82, 2.24) is 4.90 Å². The summed E-state index contributed by atoms with van der Waals surface area (Å²) in [5.74, 6) is 0. The molecular weight excluding hydrogens is 262 g/mol. The number of ether oxygens (including phenoxy) is 1. The predicted molar refractivity (Wildman–Crippen MR) is 87.1 cm³/mol. The van der Waals surface area contributed by atoms with Gasteiger partial charge in [0, 0.05) is 6.54 Å². The lowest BCUT2D eigenvalue weighted by atomic mass is 10.0. The van der Waals surface area contributed by atoms with Crippen LogP contribution in [0.2, 0.25) is 0 Å². The van der Waals surface area contributed by atoms with Crippen molar-refractivity contribution in [2.75, 3.05) is 6.54 Å². The van der Waals surface area contributed by atoms with Gasteiger partial charge < -0.3 is 4.74 Å². The average Bonchev–Trinajstić information content (AvgIpc) is 2.41. The molecule has 0 spiro atoms. The maximum Gasteiger partial charge on any atom is 0.411 e. The highest BCUT2D eigenvalue weighted by Gasteiger charge is 2.27. The van der Waals surface area contributed by atoms with Gasteiger partial charge in [-0.3, -0.25) is 4.90 Å². The van der Waals surface area contributed by atoms with Gasteiger partial charge in [0.1, 0.15) is 5.60 Å². The minimum absolute atomic E-state index is 0.100. The summed E-state index contributed by atoms with van der Waals surface area (Å²) in [6, 6.07) is 9.80. The first-order valence-corrected chi connectivity index (χ1v) is 7.15. The highest BCUT2D eigenvalue weighted by molar-refractivity contribution is 5.69. The van der Waals surface area contributed by atoms with E-state index in [2.05, 4.69) is 13.2 Å². The van der Waals surface area contributed by atoms with E-state index in [-0.39, 0.29) is 12.1 Å². The Kier molecular flexibility index (Phi) is 6.22. The Morgan fingerprint density at radius 1 is 1.24 bits per heavy atom. The first-order chi connectivity index (χ1) is 9.89. The number of nitrogens with zero attached hydrogens (tertiary/aromatic N) is 1. The van der Waals surface area contributed by atoms with E-state index in [1.54, 1.807) is 11.0 Å². The van der Waals surface area contributed by atoms with Crippen LogP contribution in [-0.4, -0.2) is 23.1 Å². The Morgan fingerprint density at radius 3 is 2.33 bits per heavy atom. The monoisotopic (exact) mass is 287 g/mol. The van der Waals surface area contributed by atoms with Gasteiger partial charge >= 0.3 is 6.09 Å². The number of hydrogen-bond donors (Lipinski definition) is 0. The maximum absolute atomic E-state index is 12.5. The van der Waals surface area contributed by atoms with E-state index in [4.69, 9.17) is 4.74 Å². The van der Waals surface area contributed by atoms with Crippen LogP contribution in [0, 0.1) is 0 Å². The van der Waals surface area contributed by atoms with Crippen LogP contribution in [0.5, 0.6) is 0 Å². The second-order valence-corrected chi connectivity index (χ2v) is 5.87. The smallest absolute Gasteiger partial charge is 0.411 e. The summed E-state index contributed by atoms with van der Waals surface area (Å²) in [6.07, 6.45) is 3.86. The van der Waals surface area contributed by atoms with Crippen molar-refractivity contribution in [1.29, 1.82) is 0 Å². The molecule has 0 bridgehead atoms. The molecule has 0 saturated heterocycles. The molecule has 21 heavy (non-hydrogen) atoms. The summed E-state index contributed by atoms with van der Waals surface area (Å²) < 4.78 is 5.51. The third-order valence-corrected chi connectivity index (χ3v) is 2.90. The van der Waals surface area contributed by atoms with E-state index < -0.39 is 5.60 Å². The van der Waals surface area contributed by atoms with Gasteiger partial charge in [-0.25, -0.2) is 4.79 Å². The highest BCUT2D eigenvalue weighted by atomic mass is 16.6. The molecule has 3 nitrogen and oxygen atoms in total. The zero-order valence-electron chi connectivity index (χ0n) is 13.2. The van der Waals surface area contributed by atoms with Crippen LogP contribution < -0.4 is 0 Å². The second-order valence-electron chi connectivity index (χ2n) is 5.87. The van der Waals surface area contributed by atoms with Crippen LogP contribution in [0.1, 0.15) is 38.8 Å². The molecule has 1 atom stereocenters. The van der Waals surface area contributed by atoms with Gasteiger partial charge in [0.25, 0.3) is 0 Å². The molecule has 3 heteroatoms. The van der Waals surface area contributed by atoms with Gasteiger partial charge in [-0.2, -0.15) is 0 Å². The zero-order chi connectivity index (χ0) is 15.9. The van der Waals surface area contributed by atoms with Gasteiger partial charge in [0.15, 0.2) is 0 Å². The third-order valence-electron chi connectivity index (χ3n) is 2.90. The van der Waals surface area contributed by atoms with E-state index in [9.17, 15) is 4.79 Å². The topological polar surface area (TPSA) is 29.5 Å². The predicted octanol–water partition coefficient (Wildman–Crippen LogP) is 4.73. The number of rotatable bonds is 6. The van der Waals surface area contributed by atoms with Crippen LogP contribution in [0.3, 0.4) is 0 Å². The molecule has 0 fully saturated rings. The maximum atomic E-state index is 12.5. The summed E-state index contributed by atoms with van der Waals surface area (Å²) in [6.45, 7) is 13.6. The van der Waals surface area contributed by atoms with Crippen LogP contribution in [0.4, 0.5) is 4.79 Å². The van der Waals surface area contributed by atoms with Gasteiger partial charge in [-0.15, -0.1) is 13.2 Å². The van der Waals surface area contributed by atoms with E-state index in [1.807, 2.05) is 57.2 Å². The standard InChI is InChI=1S/C18H25NO2/c1-6-11-16(15-12-9-8-10-13-15)19(14-7-2)17(20)21-18(3,4)5/h6-10,12-13,16H,1-2,11,14H2,3-5H3. The summed E-state index contributed by atoms with van der Waals surface area (Å²) in [7, 11) is 0. The van der Waals surface area contributed by atoms with Crippen molar-refractivity contribution >= 4 is 6.09 Å². The van der Waals surface area contributed by atoms with Gasteiger partial charge in [0.05, 0.1) is 6.04 Å². The van der Waals surface area contributed by atoms with E-state index in [1.165, 1.54) is 0 Å². The van der Waals surface area contributed by atoms with Crippen molar-refractivity contribution in [3.05, 3.63) is 61.2 Å². The van der Waals surface area contributed by atoms with Gasteiger partial charge in [-0.05, 0) is 32.8 Å². The average molecular weight is 287 g/mol. The molecule has 0 saturated carbocycles. The number of carbonyl (C=O) groups is 1. The molecule has 0 aliphatic rings. The molecule has 1 rings (SSSR count). The number of carbonyl (C=O) groups excluding carboxylic acids is 1. The normalized spacial score (nSPS) is 12.3. The van der Waals surface area contributed by atoms with E-state index in [0.717, 1.165) is 5.56 Å². The van der Waals surface area contributed by atoms with E-state index in [0.29, 0.717) is 13.0 Å². The van der Waals surface area contributed by atoms with E-state index >= 15 is 0 Å². The number of amides is 1. The molecule has 0 N–H and O–H groups in total. The Hall–Kier alpha value is -2.03. The quantitative estimate of drug-likeness (QED) is 0.708. The SMILES string of the molecule is C=CCC(c1ccccc1)N(CC=C)C(=O)OC(C)(C)C. The second kappa shape index (κ2) is 7.67. The largest absolute Gasteiger partial charge is 0.444 e. The third kappa shape index (κ3) is 5.46. The fourth-order valence-corrected chi connectivity index (χ4v) is 2.06. The summed E-state index contributed by atoms with van der Waals surface area (Å²) in [5, 5.41) is 0. The number of benzene rings is 1. The van der Waals surface area contributed by atoms with Crippen molar-refractivity contribution in [2.24, 2.45) is 0 Å². The Balaban J connectivity index is 3.06. The Labute approximate surface area is 127 Å². The lowest BCUT2D eigenvalue weighted by molar-refractivity contribution is 0.0187. The fraction of sp³-hybridized carbons (Fsp3) is 0.389. The van der Waals surface area contributed by atoms with Crippen LogP contribution >= 0.6 is 0 Å².